The van der Waals surface area contributed by atoms with E-state index in [1.807, 2.05) is 6.07 Å². The van der Waals surface area contributed by atoms with Gasteiger partial charge in [-0.1, -0.05) is 58.9 Å². The summed E-state index contributed by atoms with van der Waals surface area (Å²) in [6.07, 6.45) is 4.86. The van der Waals surface area contributed by atoms with E-state index in [4.69, 9.17) is 0 Å². The lowest BCUT2D eigenvalue weighted by molar-refractivity contribution is 0.110. The zero-order chi connectivity index (χ0) is 26.6. The third-order valence-electron chi connectivity index (χ3n) is 10.2. The Morgan fingerprint density at radius 1 is 0.838 bits per heavy atom. The molecular formula is C33H39F3N+. The van der Waals surface area contributed by atoms with Gasteiger partial charge in [0.2, 0.25) is 0 Å². The van der Waals surface area contributed by atoms with Crippen LogP contribution in [0.2, 0.25) is 0 Å². The van der Waals surface area contributed by atoms with Crippen molar-refractivity contribution >= 4 is 11.4 Å². The fourth-order valence-electron chi connectivity index (χ4n) is 7.43. The molecule has 0 bridgehead atoms. The molecule has 3 aromatic rings. The van der Waals surface area contributed by atoms with Crippen molar-refractivity contribution in [3.8, 4) is 0 Å². The lowest BCUT2D eigenvalue weighted by Gasteiger charge is -2.50. The summed E-state index contributed by atoms with van der Waals surface area (Å²) in [5, 5.41) is 0. The van der Waals surface area contributed by atoms with Crippen molar-refractivity contribution in [1.29, 1.82) is 0 Å². The van der Waals surface area contributed by atoms with E-state index in [9.17, 15) is 8.78 Å². The number of hydrogen-bond acceptors (Lipinski definition) is 0. The van der Waals surface area contributed by atoms with Crippen LogP contribution in [0.5, 0.6) is 0 Å². The van der Waals surface area contributed by atoms with Crippen molar-refractivity contribution < 1.29 is 13.2 Å². The molecule has 5 rings (SSSR count). The molecule has 4 atom stereocenters. The van der Waals surface area contributed by atoms with E-state index in [2.05, 4.69) is 58.9 Å². The number of hydrogen-bond donors (Lipinski definition) is 0. The molecule has 2 aliphatic rings. The third kappa shape index (κ3) is 3.78. The van der Waals surface area contributed by atoms with Crippen LogP contribution in [0, 0.1) is 22.9 Å². The van der Waals surface area contributed by atoms with Crippen LogP contribution in [0.3, 0.4) is 0 Å². The van der Waals surface area contributed by atoms with Crippen LogP contribution >= 0.6 is 0 Å². The molecule has 1 saturated heterocycles. The molecule has 196 valence electrons. The van der Waals surface area contributed by atoms with Gasteiger partial charge in [0.15, 0.2) is 17.5 Å². The SMILES string of the molecule is CCc1cc(F)c2c(c1)C(C)(CC)C(C)(CC)C1C[N+]21c1ccccc1CCCc1ccc(F)cc1F. The van der Waals surface area contributed by atoms with Gasteiger partial charge in [-0.2, -0.15) is 0 Å². The van der Waals surface area contributed by atoms with Gasteiger partial charge in [0.25, 0.3) is 0 Å². The second kappa shape index (κ2) is 9.31. The van der Waals surface area contributed by atoms with Crippen molar-refractivity contribution in [2.75, 3.05) is 6.54 Å². The lowest BCUT2D eigenvalue weighted by atomic mass is 9.55. The van der Waals surface area contributed by atoms with Gasteiger partial charge < -0.3 is 0 Å². The molecule has 0 spiro atoms. The van der Waals surface area contributed by atoms with E-state index >= 15 is 4.39 Å². The molecule has 0 N–H and O–H groups in total. The summed E-state index contributed by atoms with van der Waals surface area (Å²) in [5.74, 6) is -1.12. The predicted octanol–water partition coefficient (Wildman–Crippen LogP) is 8.96. The average molecular weight is 507 g/mol. The van der Waals surface area contributed by atoms with Crippen molar-refractivity contribution in [1.82, 2.24) is 4.48 Å². The number of para-hydroxylation sites is 1. The lowest BCUT2D eigenvalue weighted by Crippen LogP contribution is -2.53. The number of quaternary nitrogens is 1. The average Bonchev–Trinajstić information content (AvgIpc) is 3.65. The Morgan fingerprint density at radius 3 is 2.24 bits per heavy atom. The van der Waals surface area contributed by atoms with Gasteiger partial charge in [-0.25, -0.2) is 17.7 Å². The molecule has 4 heteroatoms. The van der Waals surface area contributed by atoms with E-state index in [1.54, 1.807) is 12.1 Å². The maximum absolute atomic E-state index is 16.2. The van der Waals surface area contributed by atoms with Crippen molar-refractivity contribution in [2.45, 2.75) is 84.6 Å². The van der Waals surface area contributed by atoms with Crippen molar-refractivity contribution in [2.24, 2.45) is 5.41 Å². The molecule has 2 heterocycles. The normalized spacial score (nSPS) is 28.1. The van der Waals surface area contributed by atoms with Gasteiger partial charge in [0, 0.05) is 28.0 Å². The van der Waals surface area contributed by atoms with E-state index in [1.165, 1.54) is 22.9 Å². The summed E-state index contributed by atoms with van der Waals surface area (Å²) >= 11 is 0. The Morgan fingerprint density at radius 2 is 1.57 bits per heavy atom. The first-order valence-corrected chi connectivity index (χ1v) is 13.9. The summed E-state index contributed by atoms with van der Waals surface area (Å²) < 4.78 is 44.3. The smallest absolute Gasteiger partial charge is 0.184 e. The maximum atomic E-state index is 16.2. The molecule has 4 unspecified atom stereocenters. The van der Waals surface area contributed by atoms with Gasteiger partial charge in [-0.15, -0.1) is 0 Å². The van der Waals surface area contributed by atoms with Gasteiger partial charge in [-0.05, 0) is 73.9 Å². The predicted molar refractivity (Wildman–Crippen MR) is 147 cm³/mol. The Bertz CT molecular complexity index is 1330. The molecule has 0 aliphatic carbocycles. The molecule has 1 fully saturated rings. The summed E-state index contributed by atoms with van der Waals surface area (Å²) in [7, 11) is 0. The number of fused-ring (bicyclic) bond motifs is 3. The minimum atomic E-state index is -0.551. The van der Waals surface area contributed by atoms with E-state index in [0.29, 0.717) is 22.5 Å². The fourth-order valence-corrected chi connectivity index (χ4v) is 7.43. The number of benzene rings is 3. The van der Waals surface area contributed by atoms with Crippen LogP contribution < -0.4 is 4.48 Å². The van der Waals surface area contributed by atoms with Gasteiger partial charge in [-0.3, -0.25) is 0 Å². The number of rotatable bonds is 8. The maximum Gasteiger partial charge on any atom is 0.184 e. The van der Waals surface area contributed by atoms with E-state index in [-0.39, 0.29) is 16.6 Å². The molecule has 1 nitrogen and oxygen atoms in total. The summed E-state index contributed by atoms with van der Waals surface area (Å²) in [5.41, 5.74) is 5.91. The van der Waals surface area contributed by atoms with E-state index in [0.717, 1.165) is 56.0 Å². The monoisotopic (exact) mass is 506 g/mol. The topological polar surface area (TPSA) is 0 Å². The van der Waals surface area contributed by atoms with Crippen LogP contribution in [-0.4, -0.2) is 12.6 Å². The number of aryl methyl sites for hydroxylation is 3. The molecule has 0 amide bonds. The Labute approximate surface area is 219 Å². The highest BCUT2D eigenvalue weighted by Gasteiger charge is 2.75. The van der Waals surface area contributed by atoms with Crippen LogP contribution in [0.1, 0.15) is 76.1 Å². The summed E-state index contributed by atoms with van der Waals surface area (Å²) in [6.45, 7) is 12.3. The molecule has 37 heavy (non-hydrogen) atoms. The Hall–Kier alpha value is -2.59. The standard InChI is InChI=1S/C33H39F3N/c1-6-22-18-26-31(28(36)19-22)37(21-30(37)33(5,8-3)32(26,4)7-2)29-15-10-9-12-24(29)14-11-13-23-16-17-25(34)20-27(23)35/h9-10,12,15-20,30H,6-8,11,13-14,21H2,1-5H3/q+1. The summed E-state index contributed by atoms with van der Waals surface area (Å²) in [6, 6.07) is 16.6. The first-order valence-electron chi connectivity index (χ1n) is 13.9. The minimum absolute atomic E-state index is 0.0257. The highest BCUT2D eigenvalue weighted by Crippen LogP contribution is 2.69. The zero-order valence-electron chi connectivity index (χ0n) is 22.8. The highest BCUT2D eigenvalue weighted by molar-refractivity contribution is 5.75. The van der Waals surface area contributed by atoms with E-state index < -0.39 is 11.6 Å². The van der Waals surface area contributed by atoms with Crippen molar-refractivity contribution in [3.05, 3.63) is 94.3 Å². The van der Waals surface area contributed by atoms with Crippen LogP contribution in [0.4, 0.5) is 24.5 Å². The molecule has 0 aromatic heterocycles. The fraction of sp³-hybridized carbons (Fsp3) is 0.455. The molecule has 3 aromatic carbocycles. The van der Waals surface area contributed by atoms with Crippen LogP contribution in [0.25, 0.3) is 0 Å². The van der Waals surface area contributed by atoms with Crippen LogP contribution in [0.15, 0.2) is 54.6 Å². The number of nitrogens with zero attached hydrogens (tertiary/aromatic N) is 1. The molecule has 2 aliphatic heterocycles. The quantitative estimate of drug-likeness (QED) is 0.211. The minimum Gasteiger partial charge on any atom is -0.243 e. The second-order valence-corrected chi connectivity index (χ2v) is 11.6. The van der Waals surface area contributed by atoms with Gasteiger partial charge >= 0.3 is 0 Å². The summed E-state index contributed by atoms with van der Waals surface area (Å²) in [4.78, 5) is 0. The molecular weight excluding hydrogens is 467 g/mol. The van der Waals surface area contributed by atoms with Crippen LogP contribution in [-0.2, 0) is 24.7 Å². The Kier molecular flexibility index (Phi) is 6.55. The first-order chi connectivity index (χ1) is 17.7. The first kappa shape index (κ1) is 26.0. The highest BCUT2D eigenvalue weighted by atomic mass is 19.1. The molecule has 0 saturated carbocycles. The largest absolute Gasteiger partial charge is 0.243 e. The second-order valence-electron chi connectivity index (χ2n) is 11.6. The number of halogens is 3. The Balaban J connectivity index is 1.59. The third-order valence-corrected chi connectivity index (χ3v) is 10.2. The van der Waals surface area contributed by atoms with Gasteiger partial charge in [0.1, 0.15) is 23.9 Å². The van der Waals surface area contributed by atoms with Gasteiger partial charge in [0.05, 0.1) is 0 Å². The van der Waals surface area contributed by atoms with Crippen molar-refractivity contribution in [3.63, 3.8) is 0 Å². The zero-order valence-corrected chi connectivity index (χ0v) is 22.8. The molecule has 0 radical (unpaired) electrons.